The van der Waals surface area contributed by atoms with Crippen molar-refractivity contribution in [3.8, 4) is 5.75 Å². The van der Waals surface area contributed by atoms with Crippen LogP contribution in [0, 0.1) is 0 Å². The average molecular weight is 222 g/mol. The van der Waals surface area contributed by atoms with Gasteiger partial charge in [-0.25, -0.2) is 0 Å². The van der Waals surface area contributed by atoms with Crippen molar-refractivity contribution in [3.05, 3.63) is 29.8 Å². The maximum atomic E-state index is 10.9. The predicted octanol–water partition coefficient (Wildman–Crippen LogP) is 1.26. The highest BCUT2D eigenvalue weighted by Crippen LogP contribution is 2.24. The van der Waals surface area contributed by atoms with E-state index in [0.29, 0.717) is 0 Å². The molecule has 4 nitrogen and oxygen atoms in total. The zero-order valence-corrected chi connectivity index (χ0v) is 9.68. The summed E-state index contributed by atoms with van der Waals surface area (Å²) in [6.45, 7) is 2.29. The highest BCUT2D eigenvalue weighted by Gasteiger charge is 2.16. The molecule has 0 heterocycles. The largest absolute Gasteiger partial charge is 0.508 e. The number of hydrogen-bond acceptors (Lipinski definition) is 3. The fraction of sp³-hybridized carbons (Fsp3) is 0.417. The molecule has 1 amide bonds. The Morgan fingerprint density at radius 1 is 1.44 bits per heavy atom. The predicted molar refractivity (Wildman–Crippen MR) is 63.0 cm³/mol. The van der Waals surface area contributed by atoms with E-state index in [1.807, 2.05) is 24.1 Å². The quantitative estimate of drug-likeness (QED) is 0.788. The highest BCUT2D eigenvalue weighted by atomic mass is 16.3. The van der Waals surface area contributed by atoms with Crippen LogP contribution in [-0.4, -0.2) is 29.5 Å². The Balaban J connectivity index is 2.81. The fourth-order valence-corrected chi connectivity index (χ4v) is 1.85. The number of aromatic hydroxyl groups is 1. The molecule has 0 bridgehead atoms. The van der Waals surface area contributed by atoms with Crippen LogP contribution in [0.2, 0.25) is 0 Å². The van der Waals surface area contributed by atoms with E-state index in [1.54, 1.807) is 12.1 Å². The second-order valence-corrected chi connectivity index (χ2v) is 3.90. The fourth-order valence-electron chi connectivity index (χ4n) is 1.85. The molecule has 0 aliphatic heterocycles. The Bertz CT molecular complexity index is 349. The number of carbonyl (C=O) groups excluding carboxylic acids is 1. The Kier molecular flexibility index (Phi) is 4.31. The number of nitrogens with two attached hydrogens (primary N) is 1. The molecule has 1 rings (SSSR count). The second kappa shape index (κ2) is 5.51. The number of nitrogens with zero attached hydrogens (tertiary/aromatic N) is 1. The van der Waals surface area contributed by atoms with Gasteiger partial charge >= 0.3 is 0 Å². The van der Waals surface area contributed by atoms with Gasteiger partial charge in [0.05, 0.1) is 6.54 Å². The molecule has 1 unspecified atom stereocenters. The Morgan fingerprint density at radius 2 is 2.00 bits per heavy atom. The van der Waals surface area contributed by atoms with Gasteiger partial charge in [-0.15, -0.1) is 0 Å². The molecule has 0 aliphatic carbocycles. The SMILES string of the molecule is CCC(c1ccc(O)cc1)N(C)CC(N)=O. The van der Waals surface area contributed by atoms with Crippen molar-refractivity contribution in [1.29, 1.82) is 0 Å². The van der Waals surface area contributed by atoms with Crippen LogP contribution in [0.3, 0.4) is 0 Å². The number of phenols is 1. The van der Waals surface area contributed by atoms with Gasteiger partial charge in [-0.05, 0) is 31.2 Å². The topological polar surface area (TPSA) is 66.6 Å². The van der Waals surface area contributed by atoms with E-state index in [2.05, 4.69) is 6.92 Å². The number of phenolic OH excluding ortho intramolecular Hbond substituents is 1. The molecule has 3 N–H and O–H groups in total. The highest BCUT2D eigenvalue weighted by molar-refractivity contribution is 5.75. The summed E-state index contributed by atoms with van der Waals surface area (Å²) < 4.78 is 0. The number of benzene rings is 1. The van der Waals surface area contributed by atoms with E-state index >= 15 is 0 Å². The maximum absolute atomic E-state index is 10.9. The third kappa shape index (κ3) is 3.24. The van der Waals surface area contributed by atoms with Gasteiger partial charge in [0.25, 0.3) is 0 Å². The molecule has 88 valence electrons. The van der Waals surface area contributed by atoms with Crippen molar-refractivity contribution in [2.24, 2.45) is 5.73 Å². The van der Waals surface area contributed by atoms with Gasteiger partial charge in [0, 0.05) is 6.04 Å². The summed E-state index contributed by atoms with van der Waals surface area (Å²) in [6.07, 6.45) is 0.883. The molecule has 0 aliphatic rings. The summed E-state index contributed by atoms with van der Waals surface area (Å²) in [7, 11) is 1.87. The van der Waals surface area contributed by atoms with Crippen LogP contribution in [0.1, 0.15) is 24.9 Å². The van der Waals surface area contributed by atoms with Crippen molar-refractivity contribution in [2.45, 2.75) is 19.4 Å². The lowest BCUT2D eigenvalue weighted by molar-refractivity contribution is -0.119. The molecule has 0 saturated carbocycles. The number of rotatable bonds is 5. The number of primary amides is 1. The normalized spacial score (nSPS) is 12.7. The standard InChI is InChI=1S/C12H18N2O2/c1-3-11(14(2)8-12(13)16)9-4-6-10(15)7-5-9/h4-7,11,15H,3,8H2,1-2H3,(H2,13,16). The van der Waals surface area contributed by atoms with Crippen LogP contribution >= 0.6 is 0 Å². The van der Waals surface area contributed by atoms with E-state index in [0.717, 1.165) is 12.0 Å². The van der Waals surface area contributed by atoms with Crippen molar-refractivity contribution < 1.29 is 9.90 Å². The molecule has 0 saturated heterocycles. The zero-order chi connectivity index (χ0) is 12.1. The monoisotopic (exact) mass is 222 g/mol. The molecule has 0 radical (unpaired) electrons. The molecular formula is C12H18N2O2. The minimum atomic E-state index is -0.334. The third-order valence-electron chi connectivity index (χ3n) is 2.60. The lowest BCUT2D eigenvalue weighted by Crippen LogP contribution is -2.33. The number of hydrogen-bond donors (Lipinski definition) is 2. The van der Waals surface area contributed by atoms with Crippen LogP contribution < -0.4 is 5.73 Å². The summed E-state index contributed by atoms with van der Waals surface area (Å²) in [5.74, 6) is -0.0871. The first-order chi connectivity index (χ1) is 7.54. The number of carbonyl (C=O) groups is 1. The van der Waals surface area contributed by atoms with Gasteiger partial charge in [-0.3, -0.25) is 9.69 Å². The summed E-state index contributed by atoms with van der Waals surface area (Å²) in [5, 5.41) is 9.21. The van der Waals surface area contributed by atoms with Crippen molar-refractivity contribution in [1.82, 2.24) is 4.90 Å². The van der Waals surface area contributed by atoms with Crippen LogP contribution in [0.4, 0.5) is 0 Å². The first-order valence-electron chi connectivity index (χ1n) is 5.32. The minimum Gasteiger partial charge on any atom is -0.508 e. The van der Waals surface area contributed by atoms with Crippen LogP contribution in [0.15, 0.2) is 24.3 Å². The molecule has 4 heteroatoms. The van der Waals surface area contributed by atoms with Gasteiger partial charge in [0.15, 0.2) is 0 Å². The zero-order valence-electron chi connectivity index (χ0n) is 9.68. The Morgan fingerprint density at radius 3 is 2.44 bits per heavy atom. The molecule has 16 heavy (non-hydrogen) atoms. The number of likely N-dealkylation sites (N-methyl/N-ethyl adjacent to an activating group) is 1. The molecule has 0 aromatic heterocycles. The van der Waals surface area contributed by atoms with E-state index < -0.39 is 0 Å². The minimum absolute atomic E-state index is 0.146. The van der Waals surface area contributed by atoms with E-state index in [4.69, 9.17) is 5.73 Å². The van der Waals surface area contributed by atoms with Crippen molar-refractivity contribution in [2.75, 3.05) is 13.6 Å². The summed E-state index contributed by atoms with van der Waals surface area (Å²) >= 11 is 0. The first-order valence-corrected chi connectivity index (χ1v) is 5.32. The molecule has 1 atom stereocenters. The number of amides is 1. The summed E-state index contributed by atoms with van der Waals surface area (Å²) in [6, 6.07) is 7.17. The van der Waals surface area contributed by atoms with E-state index in [-0.39, 0.29) is 24.2 Å². The van der Waals surface area contributed by atoms with Crippen LogP contribution in [0.5, 0.6) is 5.75 Å². The molecule has 0 fully saturated rings. The smallest absolute Gasteiger partial charge is 0.231 e. The molecule has 0 spiro atoms. The third-order valence-corrected chi connectivity index (χ3v) is 2.60. The van der Waals surface area contributed by atoms with Crippen molar-refractivity contribution in [3.63, 3.8) is 0 Å². The van der Waals surface area contributed by atoms with Crippen LogP contribution in [-0.2, 0) is 4.79 Å². The summed E-state index contributed by atoms with van der Waals surface area (Å²) in [5.41, 5.74) is 6.24. The Labute approximate surface area is 95.7 Å². The first kappa shape index (κ1) is 12.5. The lowest BCUT2D eigenvalue weighted by Gasteiger charge is -2.26. The van der Waals surface area contributed by atoms with Gasteiger partial charge < -0.3 is 10.8 Å². The average Bonchev–Trinajstić information content (AvgIpc) is 2.21. The van der Waals surface area contributed by atoms with Crippen molar-refractivity contribution >= 4 is 5.91 Å². The maximum Gasteiger partial charge on any atom is 0.231 e. The van der Waals surface area contributed by atoms with E-state index in [9.17, 15) is 9.90 Å². The lowest BCUT2D eigenvalue weighted by atomic mass is 10.0. The molecular weight excluding hydrogens is 204 g/mol. The van der Waals surface area contributed by atoms with Gasteiger partial charge in [-0.1, -0.05) is 19.1 Å². The Hall–Kier alpha value is -1.55. The van der Waals surface area contributed by atoms with E-state index in [1.165, 1.54) is 0 Å². The molecule has 1 aromatic carbocycles. The second-order valence-electron chi connectivity index (χ2n) is 3.90. The van der Waals surface area contributed by atoms with Gasteiger partial charge in [0.2, 0.25) is 5.91 Å². The summed E-state index contributed by atoms with van der Waals surface area (Å²) in [4.78, 5) is 12.8. The van der Waals surface area contributed by atoms with Gasteiger partial charge in [-0.2, -0.15) is 0 Å². The van der Waals surface area contributed by atoms with Gasteiger partial charge in [0.1, 0.15) is 5.75 Å². The van der Waals surface area contributed by atoms with Crippen LogP contribution in [0.25, 0.3) is 0 Å². The molecule has 1 aromatic rings.